The molecule has 4 heteroatoms. The average Bonchev–Trinajstić information content (AvgIpc) is 3.12. The van der Waals surface area contributed by atoms with E-state index in [4.69, 9.17) is 10.5 Å². The van der Waals surface area contributed by atoms with Gasteiger partial charge in [-0.1, -0.05) is 42.5 Å². The largest absolute Gasteiger partial charge is 0.492 e. The Morgan fingerprint density at radius 1 is 0.963 bits per heavy atom. The normalized spacial score (nSPS) is 12.7. The summed E-state index contributed by atoms with van der Waals surface area (Å²) in [5, 5.41) is 0. The van der Waals surface area contributed by atoms with E-state index >= 15 is 0 Å². The third-order valence-electron chi connectivity index (χ3n) is 4.95. The molecule has 1 aliphatic heterocycles. The Balaban J connectivity index is 1.36. The minimum Gasteiger partial charge on any atom is -0.492 e. The van der Waals surface area contributed by atoms with Gasteiger partial charge < -0.3 is 15.4 Å². The smallest absolute Gasteiger partial charge is 0.248 e. The number of hydrogen-bond donors (Lipinski definition) is 1. The van der Waals surface area contributed by atoms with Crippen molar-refractivity contribution in [3.05, 3.63) is 83.9 Å². The first-order valence-corrected chi connectivity index (χ1v) is 9.17. The molecule has 0 aliphatic carbocycles. The number of carbonyl (C=O) groups is 1. The molecule has 27 heavy (non-hydrogen) atoms. The van der Waals surface area contributed by atoms with E-state index in [-0.39, 0.29) is 0 Å². The van der Waals surface area contributed by atoms with Crippen LogP contribution in [0.3, 0.4) is 0 Å². The molecule has 0 bridgehead atoms. The molecule has 1 aliphatic rings. The van der Waals surface area contributed by atoms with Crippen molar-refractivity contribution in [3.63, 3.8) is 0 Å². The van der Waals surface area contributed by atoms with Gasteiger partial charge in [0.1, 0.15) is 12.4 Å². The van der Waals surface area contributed by atoms with Crippen LogP contribution in [0, 0.1) is 0 Å². The van der Waals surface area contributed by atoms with Crippen molar-refractivity contribution in [2.24, 2.45) is 5.73 Å². The van der Waals surface area contributed by atoms with Crippen LogP contribution in [0.2, 0.25) is 0 Å². The Hall–Kier alpha value is -3.27. The van der Waals surface area contributed by atoms with E-state index < -0.39 is 5.91 Å². The maximum absolute atomic E-state index is 11.3. The van der Waals surface area contributed by atoms with E-state index in [2.05, 4.69) is 29.2 Å². The van der Waals surface area contributed by atoms with Crippen LogP contribution >= 0.6 is 0 Å². The maximum Gasteiger partial charge on any atom is 0.248 e. The lowest BCUT2D eigenvalue weighted by molar-refractivity contribution is 0.100. The Morgan fingerprint density at radius 2 is 1.78 bits per heavy atom. The topological polar surface area (TPSA) is 55.6 Å². The number of nitrogens with two attached hydrogens (primary N) is 1. The molecule has 0 unspecified atom stereocenters. The highest BCUT2D eigenvalue weighted by Gasteiger charge is 2.17. The molecule has 0 radical (unpaired) electrons. The number of amides is 1. The molecule has 3 aromatic carbocycles. The highest BCUT2D eigenvalue weighted by molar-refractivity contribution is 5.94. The lowest BCUT2D eigenvalue weighted by Crippen LogP contribution is -2.26. The van der Waals surface area contributed by atoms with Crippen LogP contribution in [-0.2, 0) is 6.42 Å². The Kier molecular flexibility index (Phi) is 4.79. The summed E-state index contributed by atoms with van der Waals surface area (Å²) in [6, 6.07) is 23.8. The first-order chi connectivity index (χ1) is 13.2. The van der Waals surface area contributed by atoms with Gasteiger partial charge in [0.05, 0.1) is 6.54 Å². The van der Waals surface area contributed by atoms with E-state index in [0.29, 0.717) is 12.2 Å². The maximum atomic E-state index is 11.3. The number of ether oxygens (including phenoxy) is 1. The standard InChI is InChI=1S/C23H22N2O2/c24-23(26)20-6-3-5-19(16-20)17-8-10-21(11-9-17)27-15-14-25-13-12-18-4-1-2-7-22(18)25/h1-11,16H,12-15H2,(H2,24,26). The SMILES string of the molecule is NC(=O)c1cccc(-c2ccc(OCCN3CCc4ccccc43)cc2)c1. The molecule has 1 heterocycles. The van der Waals surface area contributed by atoms with E-state index in [0.717, 1.165) is 36.4 Å². The van der Waals surface area contributed by atoms with Crippen LogP contribution in [0.25, 0.3) is 11.1 Å². The summed E-state index contributed by atoms with van der Waals surface area (Å²) in [5.41, 5.74) is 10.6. The van der Waals surface area contributed by atoms with Gasteiger partial charge in [-0.05, 0) is 53.4 Å². The summed E-state index contributed by atoms with van der Waals surface area (Å²) in [4.78, 5) is 13.7. The second kappa shape index (κ2) is 7.54. The molecule has 0 saturated heterocycles. The van der Waals surface area contributed by atoms with Crippen molar-refractivity contribution in [1.29, 1.82) is 0 Å². The zero-order valence-electron chi connectivity index (χ0n) is 15.1. The zero-order chi connectivity index (χ0) is 18.6. The van der Waals surface area contributed by atoms with E-state index in [1.165, 1.54) is 11.3 Å². The van der Waals surface area contributed by atoms with Crippen molar-refractivity contribution >= 4 is 11.6 Å². The van der Waals surface area contributed by atoms with E-state index in [9.17, 15) is 4.79 Å². The molecule has 0 atom stereocenters. The summed E-state index contributed by atoms with van der Waals surface area (Å²) in [6.45, 7) is 2.57. The molecule has 1 amide bonds. The molecule has 4 rings (SSSR count). The van der Waals surface area contributed by atoms with Crippen LogP contribution in [0.1, 0.15) is 15.9 Å². The molecule has 2 N–H and O–H groups in total. The lowest BCUT2D eigenvalue weighted by Gasteiger charge is -2.19. The first-order valence-electron chi connectivity index (χ1n) is 9.17. The molecule has 0 spiro atoms. The van der Waals surface area contributed by atoms with Gasteiger partial charge in [0.15, 0.2) is 0 Å². The molecular formula is C23H22N2O2. The molecule has 3 aromatic rings. The third-order valence-corrected chi connectivity index (χ3v) is 4.95. The van der Waals surface area contributed by atoms with Crippen LogP contribution in [0.5, 0.6) is 5.75 Å². The number of fused-ring (bicyclic) bond motifs is 1. The molecule has 4 nitrogen and oxygen atoms in total. The van der Waals surface area contributed by atoms with Gasteiger partial charge in [-0.25, -0.2) is 0 Å². The Bertz CT molecular complexity index is 951. The summed E-state index contributed by atoms with van der Waals surface area (Å²) >= 11 is 0. The van der Waals surface area contributed by atoms with Gasteiger partial charge in [-0.3, -0.25) is 4.79 Å². The number of nitrogens with zero attached hydrogens (tertiary/aromatic N) is 1. The fraction of sp³-hybridized carbons (Fsp3) is 0.174. The summed E-state index contributed by atoms with van der Waals surface area (Å²) in [7, 11) is 0. The van der Waals surface area contributed by atoms with Crippen molar-refractivity contribution in [1.82, 2.24) is 0 Å². The number of benzene rings is 3. The predicted molar refractivity (Wildman–Crippen MR) is 108 cm³/mol. The second-order valence-corrected chi connectivity index (χ2v) is 6.68. The Morgan fingerprint density at radius 3 is 2.59 bits per heavy atom. The number of anilines is 1. The van der Waals surface area contributed by atoms with Gasteiger partial charge in [0.25, 0.3) is 0 Å². The van der Waals surface area contributed by atoms with Gasteiger partial charge in [0, 0.05) is 17.8 Å². The lowest BCUT2D eigenvalue weighted by atomic mass is 10.0. The molecule has 0 aromatic heterocycles. The van der Waals surface area contributed by atoms with Gasteiger partial charge in [0.2, 0.25) is 5.91 Å². The van der Waals surface area contributed by atoms with Gasteiger partial charge >= 0.3 is 0 Å². The van der Waals surface area contributed by atoms with Crippen molar-refractivity contribution < 1.29 is 9.53 Å². The summed E-state index contributed by atoms with van der Waals surface area (Å²) < 4.78 is 5.92. The quantitative estimate of drug-likeness (QED) is 0.727. The van der Waals surface area contributed by atoms with Crippen molar-refractivity contribution in [3.8, 4) is 16.9 Å². The zero-order valence-corrected chi connectivity index (χ0v) is 15.1. The minimum atomic E-state index is -0.416. The average molecular weight is 358 g/mol. The second-order valence-electron chi connectivity index (χ2n) is 6.68. The monoisotopic (exact) mass is 358 g/mol. The summed E-state index contributed by atoms with van der Waals surface area (Å²) in [5.74, 6) is 0.428. The summed E-state index contributed by atoms with van der Waals surface area (Å²) in [6.07, 6.45) is 1.11. The number of rotatable bonds is 6. The number of hydrogen-bond acceptors (Lipinski definition) is 3. The molecule has 0 fully saturated rings. The van der Waals surface area contributed by atoms with E-state index in [1.807, 2.05) is 42.5 Å². The Labute approximate surface area is 159 Å². The van der Waals surface area contributed by atoms with E-state index in [1.54, 1.807) is 6.07 Å². The highest BCUT2D eigenvalue weighted by atomic mass is 16.5. The number of carbonyl (C=O) groups excluding carboxylic acids is 1. The van der Waals surface area contributed by atoms with Crippen molar-refractivity contribution in [2.75, 3.05) is 24.6 Å². The van der Waals surface area contributed by atoms with Gasteiger partial charge in [-0.2, -0.15) is 0 Å². The molecular weight excluding hydrogens is 336 g/mol. The first kappa shape index (κ1) is 17.2. The van der Waals surface area contributed by atoms with Crippen LogP contribution < -0.4 is 15.4 Å². The number of primary amides is 1. The number of para-hydroxylation sites is 1. The minimum absolute atomic E-state index is 0.416. The predicted octanol–water partition coefficient (Wildman–Crippen LogP) is 3.89. The van der Waals surface area contributed by atoms with Crippen LogP contribution in [-0.4, -0.2) is 25.6 Å². The fourth-order valence-corrected chi connectivity index (χ4v) is 3.51. The fourth-order valence-electron chi connectivity index (χ4n) is 3.51. The third kappa shape index (κ3) is 3.80. The van der Waals surface area contributed by atoms with Crippen LogP contribution in [0.15, 0.2) is 72.8 Å². The molecule has 136 valence electrons. The van der Waals surface area contributed by atoms with Crippen LogP contribution in [0.4, 0.5) is 5.69 Å². The van der Waals surface area contributed by atoms with Gasteiger partial charge in [-0.15, -0.1) is 0 Å². The highest BCUT2D eigenvalue weighted by Crippen LogP contribution is 2.27. The molecule has 0 saturated carbocycles. The van der Waals surface area contributed by atoms with Crippen molar-refractivity contribution in [2.45, 2.75) is 6.42 Å².